The minimum absolute atomic E-state index is 0.295. The molecule has 0 bridgehead atoms. The lowest BCUT2D eigenvalue weighted by Gasteiger charge is -2.28. The third-order valence-electron chi connectivity index (χ3n) is 5.01. The van der Waals surface area contributed by atoms with Crippen LogP contribution in [0, 0.1) is 5.92 Å². The Kier molecular flexibility index (Phi) is 4.47. The van der Waals surface area contributed by atoms with Gasteiger partial charge in [-0.3, -0.25) is 4.79 Å². The number of nitrogens with zero attached hydrogens (tertiary/aromatic N) is 1. The number of carbonyl (C=O) groups excluding carboxylic acids is 1. The van der Waals surface area contributed by atoms with Gasteiger partial charge in [0.25, 0.3) is 0 Å². The van der Waals surface area contributed by atoms with Crippen LogP contribution < -0.4 is 4.74 Å². The van der Waals surface area contributed by atoms with E-state index in [1.54, 1.807) is 7.11 Å². The van der Waals surface area contributed by atoms with Crippen molar-refractivity contribution in [3.8, 4) is 5.75 Å². The molecule has 0 unspecified atom stereocenters. The highest BCUT2D eigenvalue weighted by atomic mass is 16.5. The fourth-order valence-electron chi connectivity index (χ4n) is 3.87. The van der Waals surface area contributed by atoms with Gasteiger partial charge in [-0.05, 0) is 43.7 Å². The Labute approximate surface area is 127 Å². The van der Waals surface area contributed by atoms with Crippen LogP contribution in [0.5, 0.6) is 5.75 Å². The molecule has 3 nitrogen and oxygen atoms in total. The van der Waals surface area contributed by atoms with Crippen molar-refractivity contribution < 1.29 is 9.53 Å². The van der Waals surface area contributed by atoms with E-state index >= 15 is 0 Å². The van der Waals surface area contributed by atoms with Gasteiger partial charge in [0.1, 0.15) is 5.75 Å². The van der Waals surface area contributed by atoms with E-state index in [9.17, 15) is 4.79 Å². The molecule has 1 amide bonds. The average Bonchev–Trinajstić information content (AvgIpc) is 3.18. The first-order valence-corrected chi connectivity index (χ1v) is 8.22. The summed E-state index contributed by atoms with van der Waals surface area (Å²) in [5.74, 6) is 1.64. The SMILES string of the molecule is COc1ccccc1C[C@H]1CCCN1C(=O)C1CCCC1. The zero-order valence-electron chi connectivity index (χ0n) is 12.9. The normalized spacial score (nSPS) is 22.7. The molecule has 1 aromatic carbocycles. The van der Waals surface area contributed by atoms with Crippen molar-refractivity contribution in [2.45, 2.75) is 51.0 Å². The third kappa shape index (κ3) is 3.07. The zero-order valence-corrected chi connectivity index (χ0v) is 12.9. The topological polar surface area (TPSA) is 29.5 Å². The van der Waals surface area contributed by atoms with E-state index in [0.717, 1.165) is 44.4 Å². The molecule has 1 atom stereocenters. The molecule has 1 aliphatic heterocycles. The van der Waals surface area contributed by atoms with Gasteiger partial charge in [-0.15, -0.1) is 0 Å². The lowest BCUT2D eigenvalue weighted by atomic mass is 10.0. The number of carbonyl (C=O) groups is 1. The molecular formula is C18H25NO2. The van der Waals surface area contributed by atoms with E-state index in [1.807, 2.05) is 12.1 Å². The number of benzene rings is 1. The summed E-state index contributed by atoms with van der Waals surface area (Å²) in [7, 11) is 1.72. The molecule has 1 saturated heterocycles. The number of amides is 1. The Balaban J connectivity index is 1.70. The van der Waals surface area contributed by atoms with Crippen molar-refractivity contribution in [2.75, 3.05) is 13.7 Å². The summed E-state index contributed by atoms with van der Waals surface area (Å²) < 4.78 is 5.45. The Morgan fingerprint density at radius 3 is 2.71 bits per heavy atom. The fourth-order valence-corrected chi connectivity index (χ4v) is 3.87. The minimum Gasteiger partial charge on any atom is -0.496 e. The number of ether oxygens (including phenoxy) is 1. The molecule has 2 aliphatic rings. The summed E-state index contributed by atoms with van der Waals surface area (Å²) in [5, 5.41) is 0. The molecule has 1 saturated carbocycles. The third-order valence-corrected chi connectivity index (χ3v) is 5.01. The van der Waals surface area contributed by atoms with Crippen LogP contribution in [0.3, 0.4) is 0 Å². The van der Waals surface area contributed by atoms with Crippen molar-refractivity contribution >= 4 is 5.91 Å². The van der Waals surface area contributed by atoms with Gasteiger partial charge in [0.2, 0.25) is 5.91 Å². The molecule has 0 radical (unpaired) electrons. The van der Waals surface area contributed by atoms with Crippen LogP contribution in [0.4, 0.5) is 0 Å². The van der Waals surface area contributed by atoms with Crippen molar-refractivity contribution in [2.24, 2.45) is 5.92 Å². The van der Waals surface area contributed by atoms with E-state index in [1.165, 1.54) is 18.4 Å². The molecule has 3 heteroatoms. The number of likely N-dealkylation sites (tertiary alicyclic amines) is 1. The van der Waals surface area contributed by atoms with E-state index in [4.69, 9.17) is 4.74 Å². The molecule has 1 aliphatic carbocycles. The summed E-state index contributed by atoms with van der Waals surface area (Å²) in [6.45, 7) is 0.940. The van der Waals surface area contributed by atoms with Gasteiger partial charge in [-0.2, -0.15) is 0 Å². The minimum atomic E-state index is 0.295. The van der Waals surface area contributed by atoms with Crippen LogP contribution in [-0.4, -0.2) is 30.5 Å². The monoisotopic (exact) mass is 287 g/mol. The van der Waals surface area contributed by atoms with Gasteiger partial charge >= 0.3 is 0 Å². The molecule has 0 spiro atoms. The van der Waals surface area contributed by atoms with Crippen LogP contribution in [0.25, 0.3) is 0 Å². The van der Waals surface area contributed by atoms with Gasteiger partial charge in [0.05, 0.1) is 7.11 Å². The highest BCUT2D eigenvalue weighted by Crippen LogP contribution is 2.31. The summed E-state index contributed by atoms with van der Waals surface area (Å²) in [6.07, 6.45) is 7.81. The van der Waals surface area contributed by atoms with Crippen molar-refractivity contribution in [3.63, 3.8) is 0 Å². The lowest BCUT2D eigenvalue weighted by molar-refractivity contribution is -0.136. The first kappa shape index (κ1) is 14.4. The van der Waals surface area contributed by atoms with Gasteiger partial charge in [-0.1, -0.05) is 31.0 Å². The van der Waals surface area contributed by atoms with Crippen LogP contribution in [0.1, 0.15) is 44.1 Å². The number of rotatable bonds is 4. The van der Waals surface area contributed by atoms with Crippen LogP contribution in [0.15, 0.2) is 24.3 Å². The Hall–Kier alpha value is -1.51. The molecule has 21 heavy (non-hydrogen) atoms. The standard InChI is InChI=1S/C18H25NO2/c1-21-17-11-5-4-9-15(17)13-16-10-6-12-19(16)18(20)14-7-2-3-8-14/h4-5,9,11,14,16H,2-3,6-8,10,12-13H2,1H3/t16-/m1/s1. The van der Waals surface area contributed by atoms with Crippen molar-refractivity contribution in [1.82, 2.24) is 4.90 Å². The summed E-state index contributed by atoms with van der Waals surface area (Å²) in [4.78, 5) is 14.9. The maximum atomic E-state index is 12.7. The Morgan fingerprint density at radius 2 is 1.95 bits per heavy atom. The highest BCUT2D eigenvalue weighted by molar-refractivity contribution is 5.79. The van der Waals surface area contributed by atoms with Crippen molar-refractivity contribution in [3.05, 3.63) is 29.8 Å². The first-order chi connectivity index (χ1) is 10.3. The van der Waals surface area contributed by atoms with E-state index in [2.05, 4.69) is 17.0 Å². The largest absolute Gasteiger partial charge is 0.496 e. The van der Waals surface area contributed by atoms with Gasteiger partial charge in [-0.25, -0.2) is 0 Å². The molecular weight excluding hydrogens is 262 g/mol. The zero-order chi connectivity index (χ0) is 14.7. The molecule has 1 heterocycles. The van der Waals surface area contributed by atoms with Crippen LogP contribution in [0.2, 0.25) is 0 Å². The highest BCUT2D eigenvalue weighted by Gasteiger charge is 2.34. The number of methoxy groups -OCH3 is 1. The smallest absolute Gasteiger partial charge is 0.225 e. The second-order valence-electron chi connectivity index (χ2n) is 6.33. The van der Waals surface area contributed by atoms with E-state index in [-0.39, 0.29) is 0 Å². The van der Waals surface area contributed by atoms with E-state index < -0.39 is 0 Å². The lowest BCUT2D eigenvalue weighted by Crippen LogP contribution is -2.40. The quantitative estimate of drug-likeness (QED) is 0.849. The van der Waals surface area contributed by atoms with Crippen molar-refractivity contribution in [1.29, 1.82) is 0 Å². The van der Waals surface area contributed by atoms with Crippen LogP contribution >= 0.6 is 0 Å². The fraction of sp³-hybridized carbons (Fsp3) is 0.611. The Bertz CT molecular complexity index is 494. The van der Waals surface area contributed by atoms with Gasteiger partial charge in [0, 0.05) is 18.5 Å². The summed E-state index contributed by atoms with van der Waals surface area (Å²) in [6, 6.07) is 8.53. The summed E-state index contributed by atoms with van der Waals surface area (Å²) in [5.41, 5.74) is 1.22. The number of hydrogen-bond donors (Lipinski definition) is 0. The maximum absolute atomic E-state index is 12.7. The second-order valence-corrected chi connectivity index (χ2v) is 6.33. The predicted octanol–water partition coefficient (Wildman–Crippen LogP) is 3.42. The second kappa shape index (κ2) is 6.50. The predicted molar refractivity (Wildman–Crippen MR) is 83.4 cm³/mol. The number of hydrogen-bond acceptors (Lipinski definition) is 2. The first-order valence-electron chi connectivity index (χ1n) is 8.22. The van der Waals surface area contributed by atoms with E-state index in [0.29, 0.717) is 17.9 Å². The molecule has 1 aromatic rings. The molecule has 114 valence electrons. The number of para-hydroxylation sites is 1. The van der Waals surface area contributed by atoms with Gasteiger partial charge in [0.15, 0.2) is 0 Å². The summed E-state index contributed by atoms with van der Waals surface area (Å²) >= 11 is 0. The van der Waals surface area contributed by atoms with Gasteiger partial charge < -0.3 is 9.64 Å². The Morgan fingerprint density at radius 1 is 1.19 bits per heavy atom. The molecule has 0 aromatic heterocycles. The average molecular weight is 287 g/mol. The maximum Gasteiger partial charge on any atom is 0.225 e. The van der Waals surface area contributed by atoms with Crippen LogP contribution in [-0.2, 0) is 11.2 Å². The molecule has 2 fully saturated rings. The molecule has 3 rings (SSSR count). The molecule has 0 N–H and O–H groups in total.